The summed E-state index contributed by atoms with van der Waals surface area (Å²) in [7, 11) is -9.99. The first kappa shape index (κ1) is 103. The Morgan fingerprint density at radius 2 is 0.481 bits per heavy atom. The van der Waals surface area contributed by atoms with Crippen molar-refractivity contribution in [2.75, 3.05) is 39.6 Å². The third-order valence-electron chi connectivity index (χ3n) is 17.3. The molecule has 0 rings (SSSR count). The minimum atomic E-state index is -5.00. The number of esters is 4. The van der Waals surface area contributed by atoms with Crippen LogP contribution in [-0.2, 0) is 65.4 Å². The fraction of sp³-hybridized carbons (Fsp3) is 0.685. The second-order valence-electron chi connectivity index (χ2n) is 27.7. The van der Waals surface area contributed by atoms with Crippen LogP contribution in [0, 0.1) is 0 Å². The molecular weight excluding hydrogens is 1400 g/mol. The molecular formula is C89H150O17P2. The number of aliphatic hydroxyl groups is 1. The van der Waals surface area contributed by atoms with E-state index >= 15 is 0 Å². The van der Waals surface area contributed by atoms with Gasteiger partial charge in [-0.2, -0.15) is 0 Å². The maximum atomic E-state index is 13.1. The summed E-state index contributed by atoms with van der Waals surface area (Å²) >= 11 is 0. The maximum absolute atomic E-state index is 13.1. The van der Waals surface area contributed by atoms with Crippen molar-refractivity contribution in [1.82, 2.24) is 0 Å². The number of hydrogen-bond acceptors (Lipinski definition) is 15. The predicted octanol–water partition coefficient (Wildman–Crippen LogP) is 25.0. The van der Waals surface area contributed by atoms with Crippen molar-refractivity contribution in [3.05, 3.63) is 146 Å². The minimum Gasteiger partial charge on any atom is -0.462 e. The van der Waals surface area contributed by atoms with Gasteiger partial charge < -0.3 is 33.8 Å². The normalized spacial score (nSPS) is 14.5. The van der Waals surface area contributed by atoms with E-state index in [1.165, 1.54) is 57.8 Å². The Morgan fingerprint density at radius 3 is 0.750 bits per heavy atom. The average molecular weight is 1550 g/mol. The van der Waals surface area contributed by atoms with Crippen molar-refractivity contribution in [1.29, 1.82) is 0 Å². The number of phosphoric ester groups is 2. The Balaban J connectivity index is 5.43. The summed E-state index contributed by atoms with van der Waals surface area (Å²) in [5.74, 6) is -2.25. The SMILES string of the molecule is CC/C=C\C/C=C\C/C=C\C/C=C\C/C=C\CCCCCC(=O)OCC(COP(=O)(O)OCC(O)COP(=O)(O)OCC(COC(=O)CCCCCCCC/C=C\C/C=C\C/C=C\CCCCC)OC(=O)CCCCCCC/C=C\C/C=C\CCCCC)OC(=O)CCCCCCC/C=C\C/C=C\CCCCC. The van der Waals surface area contributed by atoms with E-state index in [1.54, 1.807) is 0 Å². The van der Waals surface area contributed by atoms with Crippen LogP contribution in [0.1, 0.15) is 336 Å². The average Bonchev–Trinajstić information content (AvgIpc) is 0.923. The Morgan fingerprint density at radius 1 is 0.269 bits per heavy atom. The number of unbranched alkanes of at least 4 members (excludes halogenated alkanes) is 28. The summed E-state index contributed by atoms with van der Waals surface area (Å²) in [5.41, 5.74) is 0. The summed E-state index contributed by atoms with van der Waals surface area (Å²) < 4.78 is 68.7. The van der Waals surface area contributed by atoms with Crippen LogP contribution in [0.5, 0.6) is 0 Å². The third-order valence-corrected chi connectivity index (χ3v) is 19.2. The highest BCUT2D eigenvalue weighted by molar-refractivity contribution is 7.47. The molecule has 0 aliphatic carbocycles. The number of ether oxygens (including phenoxy) is 4. The zero-order chi connectivity index (χ0) is 78.9. The molecule has 0 saturated carbocycles. The predicted molar refractivity (Wildman–Crippen MR) is 445 cm³/mol. The molecule has 0 amide bonds. The number of carbonyl (C=O) groups excluding carboxylic acids is 4. The Bertz CT molecular complexity index is 2610. The highest BCUT2D eigenvalue weighted by atomic mass is 31.2. The van der Waals surface area contributed by atoms with Gasteiger partial charge in [-0.15, -0.1) is 0 Å². The number of phosphoric acid groups is 2. The van der Waals surface area contributed by atoms with E-state index in [-0.39, 0.29) is 25.7 Å². The molecule has 0 aromatic rings. The Kier molecular flexibility index (Phi) is 76.3. The van der Waals surface area contributed by atoms with Crippen molar-refractivity contribution in [3.63, 3.8) is 0 Å². The quantitative estimate of drug-likeness (QED) is 0.0169. The second kappa shape index (κ2) is 80.0. The van der Waals surface area contributed by atoms with Gasteiger partial charge in [0.2, 0.25) is 0 Å². The van der Waals surface area contributed by atoms with Gasteiger partial charge >= 0.3 is 39.5 Å². The molecule has 618 valence electrons. The molecule has 0 aliphatic heterocycles. The van der Waals surface area contributed by atoms with Crippen LogP contribution in [0.3, 0.4) is 0 Å². The van der Waals surface area contributed by atoms with Crippen LogP contribution in [0.15, 0.2) is 146 Å². The molecule has 3 N–H and O–H groups in total. The smallest absolute Gasteiger partial charge is 0.462 e. The topological polar surface area (TPSA) is 237 Å². The molecule has 5 atom stereocenters. The zero-order valence-corrected chi connectivity index (χ0v) is 69.5. The molecule has 0 spiro atoms. The Labute approximate surface area is 656 Å². The van der Waals surface area contributed by atoms with Gasteiger partial charge in [-0.3, -0.25) is 37.3 Å². The minimum absolute atomic E-state index is 0.0670. The Hall–Kier alpha value is -5.06. The third kappa shape index (κ3) is 79.0. The van der Waals surface area contributed by atoms with E-state index in [9.17, 15) is 43.2 Å². The van der Waals surface area contributed by atoms with Gasteiger partial charge in [0.15, 0.2) is 12.2 Å². The van der Waals surface area contributed by atoms with Gasteiger partial charge in [-0.05, 0) is 173 Å². The molecule has 0 saturated heterocycles. The number of aliphatic hydroxyl groups excluding tert-OH is 1. The first-order chi connectivity index (χ1) is 52.7. The lowest BCUT2D eigenvalue weighted by atomic mass is 10.1. The molecule has 108 heavy (non-hydrogen) atoms. The van der Waals surface area contributed by atoms with Gasteiger partial charge in [-0.1, -0.05) is 283 Å². The first-order valence-electron chi connectivity index (χ1n) is 42.1. The summed E-state index contributed by atoms with van der Waals surface area (Å²) in [5, 5.41) is 10.7. The maximum Gasteiger partial charge on any atom is 0.472 e. The van der Waals surface area contributed by atoms with Crippen molar-refractivity contribution in [3.8, 4) is 0 Å². The number of carbonyl (C=O) groups is 4. The van der Waals surface area contributed by atoms with Crippen LogP contribution >= 0.6 is 15.6 Å². The monoisotopic (exact) mass is 1550 g/mol. The number of allylic oxidation sites excluding steroid dienone is 24. The molecule has 0 aromatic carbocycles. The molecule has 0 heterocycles. The lowest BCUT2D eigenvalue weighted by Gasteiger charge is -2.21. The van der Waals surface area contributed by atoms with Crippen molar-refractivity contribution < 1.29 is 80.2 Å². The zero-order valence-electron chi connectivity index (χ0n) is 67.7. The molecule has 0 bridgehead atoms. The molecule has 0 aliphatic rings. The molecule has 0 radical (unpaired) electrons. The molecule has 0 fully saturated rings. The fourth-order valence-electron chi connectivity index (χ4n) is 10.8. The van der Waals surface area contributed by atoms with Gasteiger partial charge in [-0.25, -0.2) is 9.13 Å². The van der Waals surface area contributed by atoms with Crippen LogP contribution in [0.25, 0.3) is 0 Å². The molecule has 19 heteroatoms. The van der Waals surface area contributed by atoms with Crippen molar-refractivity contribution in [2.45, 2.75) is 354 Å². The van der Waals surface area contributed by atoms with Gasteiger partial charge in [0.05, 0.1) is 26.4 Å². The highest BCUT2D eigenvalue weighted by Crippen LogP contribution is 2.45. The summed E-state index contributed by atoms with van der Waals surface area (Å²) in [6.07, 6.45) is 92.3. The van der Waals surface area contributed by atoms with Gasteiger partial charge in [0, 0.05) is 25.7 Å². The number of rotatable bonds is 78. The van der Waals surface area contributed by atoms with Crippen LogP contribution in [0.2, 0.25) is 0 Å². The van der Waals surface area contributed by atoms with Crippen LogP contribution in [-0.4, -0.2) is 96.7 Å². The van der Waals surface area contributed by atoms with E-state index < -0.39 is 97.5 Å². The molecule has 0 aromatic heterocycles. The summed E-state index contributed by atoms with van der Waals surface area (Å²) in [6.45, 7) is 4.62. The lowest BCUT2D eigenvalue weighted by molar-refractivity contribution is -0.161. The lowest BCUT2D eigenvalue weighted by Crippen LogP contribution is -2.30. The van der Waals surface area contributed by atoms with Crippen LogP contribution < -0.4 is 0 Å². The van der Waals surface area contributed by atoms with Gasteiger partial charge in [0.25, 0.3) is 0 Å². The van der Waals surface area contributed by atoms with Gasteiger partial charge in [0.1, 0.15) is 19.3 Å². The standard InChI is InChI=1S/C89H150O17P2/c1-5-9-13-17-21-25-29-33-37-39-41-43-47-49-53-57-61-65-69-73-86(91)99-79-84(105-88(93)75-71-67-63-59-55-51-45-35-31-27-23-19-15-11-7-3)81-103-107(95,96)101-77-83(90)78-102-108(97,98)104-82-85(106-89(94)76-72-68-64-60-56-52-46-36-32-28-24-20-16-12-8-4)80-100-87(92)74-70-66-62-58-54-50-48-44-42-40-38-34-30-26-22-18-14-10-6-2/h9,13,21-28,33-38,41-46,49,53,83-85,90H,5-8,10-12,14-20,29-32,39-40,47-48,50-52,54-82H2,1-4H3,(H,95,96)(H,97,98)/b13-9-,25-21-,26-22-,27-23-,28-24-,37-33-,38-34-,43-41-,44-42-,45-35-,46-36-,53-49-. The summed E-state index contributed by atoms with van der Waals surface area (Å²) in [6, 6.07) is 0. The van der Waals surface area contributed by atoms with E-state index in [0.29, 0.717) is 25.7 Å². The van der Waals surface area contributed by atoms with Crippen molar-refractivity contribution >= 4 is 39.5 Å². The van der Waals surface area contributed by atoms with E-state index in [0.717, 1.165) is 199 Å². The summed E-state index contributed by atoms with van der Waals surface area (Å²) in [4.78, 5) is 73.2. The highest BCUT2D eigenvalue weighted by Gasteiger charge is 2.30. The fourth-order valence-corrected chi connectivity index (χ4v) is 12.4. The molecule has 5 unspecified atom stereocenters. The molecule has 17 nitrogen and oxygen atoms in total. The second-order valence-corrected chi connectivity index (χ2v) is 30.6. The van der Waals surface area contributed by atoms with E-state index in [1.807, 2.05) is 0 Å². The first-order valence-corrected chi connectivity index (χ1v) is 45.1. The van der Waals surface area contributed by atoms with E-state index in [4.69, 9.17) is 37.0 Å². The van der Waals surface area contributed by atoms with Crippen molar-refractivity contribution in [2.24, 2.45) is 0 Å². The number of hydrogen-bond donors (Lipinski definition) is 3. The largest absolute Gasteiger partial charge is 0.472 e. The van der Waals surface area contributed by atoms with Crippen LogP contribution in [0.4, 0.5) is 0 Å². The van der Waals surface area contributed by atoms with E-state index in [2.05, 4.69) is 174 Å².